The Morgan fingerprint density at radius 3 is 2.72 bits per heavy atom. The van der Waals surface area contributed by atoms with E-state index in [2.05, 4.69) is 15.5 Å². The molecule has 1 amide bonds. The van der Waals surface area contributed by atoms with Gasteiger partial charge in [-0.2, -0.15) is 4.31 Å². The first-order chi connectivity index (χ1) is 14.1. The number of nitrogens with zero attached hydrogens (tertiary/aromatic N) is 4. The lowest BCUT2D eigenvalue weighted by Crippen LogP contribution is -2.45. The maximum atomic E-state index is 12.8. The number of carbonyl (C=O) groups excluding carboxylic acids is 1. The van der Waals surface area contributed by atoms with Crippen molar-refractivity contribution >= 4 is 21.6 Å². The highest BCUT2D eigenvalue weighted by molar-refractivity contribution is 7.89. The van der Waals surface area contributed by atoms with Gasteiger partial charge in [-0.05, 0) is 37.1 Å². The standard InChI is InChI=1S/C20H23N5O3S/c26-20(21-12-11-19-23-22-18-10-4-5-14-25(18)19)16-7-6-13-24(15-16)29(27,28)17-8-2-1-3-9-17/h1-5,8-10,14,16H,6-7,11-13,15H2,(H,21,26). The summed E-state index contributed by atoms with van der Waals surface area (Å²) >= 11 is 0. The van der Waals surface area contributed by atoms with Gasteiger partial charge in [0.25, 0.3) is 0 Å². The van der Waals surface area contributed by atoms with Crippen LogP contribution >= 0.6 is 0 Å². The molecule has 0 saturated carbocycles. The summed E-state index contributed by atoms with van der Waals surface area (Å²) in [6.07, 6.45) is 3.79. The van der Waals surface area contributed by atoms with Crippen molar-refractivity contribution in [2.75, 3.05) is 19.6 Å². The highest BCUT2D eigenvalue weighted by Gasteiger charge is 2.33. The van der Waals surface area contributed by atoms with Crippen LogP contribution in [0.1, 0.15) is 18.7 Å². The van der Waals surface area contributed by atoms with E-state index in [4.69, 9.17) is 0 Å². The van der Waals surface area contributed by atoms with Crippen LogP contribution in [0, 0.1) is 5.92 Å². The van der Waals surface area contributed by atoms with Gasteiger partial charge in [0.05, 0.1) is 10.8 Å². The van der Waals surface area contributed by atoms with Gasteiger partial charge in [0.2, 0.25) is 15.9 Å². The predicted octanol–water partition coefficient (Wildman–Crippen LogP) is 1.49. The molecule has 1 atom stereocenters. The van der Waals surface area contributed by atoms with Crippen molar-refractivity contribution in [3.05, 3.63) is 60.6 Å². The third-order valence-corrected chi connectivity index (χ3v) is 7.05. The topological polar surface area (TPSA) is 96.7 Å². The molecular formula is C20H23N5O3S. The number of carbonyl (C=O) groups is 1. The normalized spacial score (nSPS) is 18.0. The van der Waals surface area contributed by atoms with E-state index in [1.54, 1.807) is 30.3 Å². The Hall–Kier alpha value is -2.78. The van der Waals surface area contributed by atoms with Crippen LogP contribution in [0.3, 0.4) is 0 Å². The Balaban J connectivity index is 1.35. The van der Waals surface area contributed by atoms with Crippen molar-refractivity contribution in [1.82, 2.24) is 24.2 Å². The van der Waals surface area contributed by atoms with Gasteiger partial charge in [-0.15, -0.1) is 10.2 Å². The minimum absolute atomic E-state index is 0.119. The summed E-state index contributed by atoms with van der Waals surface area (Å²) in [4.78, 5) is 12.9. The van der Waals surface area contributed by atoms with E-state index in [9.17, 15) is 13.2 Å². The lowest BCUT2D eigenvalue weighted by atomic mass is 9.99. The smallest absolute Gasteiger partial charge is 0.243 e. The van der Waals surface area contributed by atoms with Gasteiger partial charge in [-0.1, -0.05) is 24.3 Å². The molecule has 1 N–H and O–H groups in total. The quantitative estimate of drug-likeness (QED) is 0.660. The molecule has 0 spiro atoms. The fourth-order valence-corrected chi connectivity index (χ4v) is 5.16. The van der Waals surface area contributed by atoms with E-state index >= 15 is 0 Å². The summed E-state index contributed by atoms with van der Waals surface area (Å²) in [6.45, 7) is 1.07. The number of amides is 1. The predicted molar refractivity (Wildman–Crippen MR) is 108 cm³/mol. The number of nitrogens with one attached hydrogen (secondary N) is 1. The molecule has 1 saturated heterocycles. The lowest BCUT2D eigenvalue weighted by Gasteiger charge is -2.31. The first-order valence-corrected chi connectivity index (χ1v) is 11.1. The minimum Gasteiger partial charge on any atom is -0.355 e. The van der Waals surface area contributed by atoms with Gasteiger partial charge >= 0.3 is 0 Å². The van der Waals surface area contributed by atoms with E-state index in [0.717, 1.165) is 11.5 Å². The lowest BCUT2D eigenvalue weighted by molar-refractivity contribution is -0.126. The number of sulfonamides is 1. The summed E-state index contributed by atoms with van der Waals surface area (Å²) in [5.74, 6) is 0.307. The van der Waals surface area contributed by atoms with Crippen LogP contribution in [0.15, 0.2) is 59.6 Å². The van der Waals surface area contributed by atoms with Crippen molar-refractivity contribution in [2.24, 2.45) is 5.92 Å². The number of aromatic nitrogens is 3. The third-order valence-electron chi connectivity index (χ3n) is 5.17. The number of pyridine rings is 1. The van der Waals surface area contributed by atoms with Gasteiger partial charge in [0.1, 0.15) is 5.82 Å². The van der Waals surface area contributed by atoms with E-state index in [-0.39, 0.29) is 23.3 Å². The fourth-order valence-electron chi connectivity index (χ4n) is 3.62. The molecule has 3 heterocycles. The molecule has 8 nitrogen and oxygen atoms in total. The Morgan fingerprint density at radius 1 is 1.10 bits per heavy atom. The summed E-state index contributed by atoms with van der Waals surface area (Å²) in [7, 11) is -3.58. The van der Waals surface area contributed by atoms with E-state index in [0.29, 0.717) is 32.4 Å². The largest absolute Gasteiger partial charge is 0.355 e. The van der Waals surface area contributed by atoms with Crippen LogP contribution < -0.4 is 5.32 Å². The zero-order valence-corrected chi connectivity index (χ0v) is 16.8. The zero-order valence-electron chi connectivity index (χ0n) is 15.9. The second kappa shape index (κ2) is 8.30. The average molecular weight is 414 g/mol. The molecular weight excluding hydrogens is 390 g/mol. The molecule has 1 fully saturated rings. The first kappa shape index (κ1) is 19.5. The monoisotopic (exact) mass is 413 g/mol. The van der Waals surface area contributed by atoms with Crippen LogP contribution in [-0.2, 0) is 21.2 Å². The molecule has 29 heavy (non-hydrogen) atoms. The molecule has 4 rings (SSSR count). The van der Waals surface area contributed by atoms with Crippen molar-refractivity contribution in [2.45, 2.75) is 24.2 Å². The van der Waals surface area contributed by atoms with Crippen molar-refractivity contribution in [3.8, 4) is 0 Å². The Labute approximate surface area is 169 Å². The van der Waals surface area contributed by atoms with E-state index in [1.165, 1.54) is 4.31 Å². The number of benzene rings is 1. The molecule has 1 unspecified atom stereocenters. The Kier molecular flexibility index (Phi) is 5.59. The Bertz CT molecular complexity index is 1100. The van der Waals surface area contributed by atoms with Crippen molar-refractivity contribution in [3.63, 3.8) is 0 Å². The van der Waals surface area contributed by atoms with Crippen LogP contribution in [-0.4, -0.2) is 52.9 Å². The molecule has 1 aromatic carbocycles. The maximum absolute atomic E-state index is 12.8. The van der Waals surface area contributed by atoms with Crippen molar-refractivity contribution in [1.29, 1.82) is 0 Å². The van der Waals surface area contributed by atoms with Crippen LogP contribution in [0.4, 0.5) is 0 Å². The molecule has 2 aromatic heterocycles. The highest BCUT2D eigenvalue weighted by Crippen LogP contribution is 2.23. The van der Waals surface area contributed by atoms with Crippen LogP contribution in [0.25, 0.3) is 5.65 Å². The van der Waals surface area contributed by atoms with Gasteiger partial charge in [0, 0.05) is 32.3 Å². The molecule has 0 radical (unpaired) electrons. The molecule has 3 aromatic rings. The number of hydrogen-bond acceptors (Lipinski definition) is 5. The number of rotatable bonds is 6. The van der Waals surface area contributed by atoms with E-state index in [1.807, 2.05) is 28.8 Å². The maximum Gasteiger partial charge on any atom is 0.243 e. The zero-order chi connectivity index (χ0) is 20.3. The fraction of sp³-hybridized carbons (Fsp3) is 0.350. The first-order valence-electron chi connectivity index (χ1n) is 9.67. The average Bonchev–Trinajstić information content (AvgIpc) is 3.17. The summed E-state index contributed by atoms with van der Waals surface area (Å²) in [5, 5.41) is 11.2. The van der Waals surface area contributed by atoms with Gasteiger partial charge in [-0.3, -0.25) is 9.20 Å². The van der Waals surface area contributed by atoms with E-state index < -0.39 is 10.0 Å². The summed E-state index contributed by atoms with van der Waals surface area (Å²) < 4.78 is 29.0. The molecule has 0 bridgehead atoms. The second-order valence-corrected chi connectivity index (χ2v) is 9.04. The number of fused-ring (bicyclic) bond motifs is 1. The number of piperidine rings is 1. The number of hydrogen-bond donors (Lipinski definition) is 1. The van der Waals surface area contributed by atoms with Crippen LogP contribution in [0.5, 0.6) is 0 Å². The summed E-state index contributed by atoms with van der Waals surface area (Å²) in [5.41, 5.74) is 0.767. The highest BCUT2D eigenvalue weighted by atomic mass is 32.2. The van der Waals surface area contributed by atoms with Gasteiger partial charge in [-0.25, -0.2) is 8.42 Å². The minimum atomic E-state index is -3.58. The van der Waals surface area contributed by atoms with Crippen molar-refractivity contribution < 1.29 is 13.2 Å². The Morgan fingerprint density at radius 2 is 1.90 bits per heavy atom. The van der Waals surface area contributed by atoms with Gasteiger partial charge < -0.3 is 5.32 Å². The molecule has 0 aliphatic carbocycles. The van der Waals surface area contributed by atoms with Crippen LogP contribution in [0.2, 0.25) is 0 Å². The summed E-state index contributed by atoms with van der Waals surface area (Å²) in [6, 6.07) is 14.0. The third kappa shape index (κ3) is 4.15. The molecule has 1 aliphatic heterocycles. The second-order valence-electron chi connectivity index (χ2n) is 7.10. The molecule has 152 valence electrons. The molecule has 1 aliphatic rings. The molecule has 9 heteroatoms. The SMILES string of the molecule is O=C(NCCc1nnc2ccccn12)C1CCCN(S(=O)(=O)c2ccccc2)C1. The van der Waals surface area contributed by atoms with Gasteiger partial charge in [0.15, 0.2) is 5.65 Å².